The molecule has 0 aromatic carbocycles. The van der Waals surface area contributed by atoms with Gasteiger partial charge in [-0.1, -0.05) is 46.5 Å². The molecular weight excluding hydrogens is 236 g/mol. The summed E-state index contributed by atoms with van der Waals surface area (Å²) < 4.78 is 0. The van der Waals surface area contributed by atoms with Crippen LogP contribution in [0.3, 0.4) is 0 Å². The molecule has 0 bridgehead atoms. The Morgan fingerprint density at radius 2 is 1.95 bits per heavy atom. The molecule has 112 valence electrons. The lowest BCUT2D eigenvalue weighted by Gasteiger charge is -2.30. The highest BCUT2D eigenvalue weighted by Crippen LogP contribution is 2.29. The molecule has 3 heteroatoms. The van der Waals surface area contributed by atoms with E-state index in [-0.39, 0.29) is 11.7 Å². The average molecular weight is 268 g/mol. The lowest BCUT2D eigenvalue weighted by Crippen LogP contribution is -2.44. The van der Waals surface area contributed by atoms with Crippen LogP contribution in [0, 0.1) is 0 Å². The monoisotopic (exact) mass is 268 g/mol. The number of hydrogen-bond donors (Lipinski definition) is 1. The third kappa shape index (κ3) is 3.71. The van der Waals surface area contributed by atoms with Crippen LogP contribution in [0.25, 0.3) is 0 Å². The second kappa shape index (κ2) is 7.28. The van der Waals surface area contributed by atoms with Gasteiger partial charge >= 0.3 is 0 Å². The summed E-state index contributed by atoms with van der Waals surface area (Å²) in [4.78, 5) is 14.8. The van der Waals surface area contributed by atoms with Gasteiger partial charge in [0, 0.05) is 6.04 Å². The van der Waals surface area contributed by atoms with Gasteiger partial charge in [-0.05, 0) is 33.1 Å². The zero-order valence-corrected chi connectivity index (χ0v) is 13.5. The van der Waals surface area contributed by atoms with E-state index in [4.69, 9.17) is 0 Å². The molecule has 0 aromatic rings. The molecule has 0 aromatic heterocycles. The fourth-order valence-electron chi connectivity index (χ4n) is 3.00. The molecule has 1 heterocycles. The first-order valence-electron chi connectivity index (χ1n) is 8.10. The Kier molecular flexibility index (Phi) is 6.31. The summed E-state index contributed by atoms with van der Waals surface area (Å²) in [5.41, 5.74) is -0.348. The van der Waals surface area contributed by atoms with E-state index in [1.165, 1.54) is 19.3 Å². The van der Waals surface area contributed by atoms with E-state index in [2.05, 4.69) is 44.8 Å². The van der Waals surface area contributed by atoms with Crippen LogP contribution < -0.4 is 5.32 Å². The highest BCUT2D eigenvalue weighted by molar-refractivity contribution is 5.88. The summed E-state index contributed by atoms with van der Waals surface area (Å²) in [6.45, 7) is 10.8. The molecule has 3 unspecified atom stereocenters. The van der Waals surface area contributed by atoms with Crippen molar-refractivity contribution in [3.63, 3.8) is 0 Å². The van der Waals surface area contributed by atoms with Crippen LogP contribution in [0.1, 0.15) is 79.6 Å². The molecule has 3 nitrogen and oxygen atoms in total. The van der Waals surface area contributed by atoms with E-state index in [1.807, 2.05) is 0 Å². The minimum absolute atomic E-state index is 0.235. The van der Waals surface area contributed by atoms with Gasteiger partial charge in [-0.2, -0.15) is 0 Å². The first-order chi connectivity index (χ1) is 9.00. The highest BCUT2D eigenvalue weighted by atomic mass is 16.2. The smallest absolute Gasteiger partial charge is 0.244 e. The topological polar surface area (TPSA) is 32.3 Å². The predicted octanol–water partition coefficient (Wildman–Crippen LogP) is 3.68. The van der Waals surface area contributed by atoms with E-state index >= 15 is 0 Å². The molecule has 19 heavy (non-hydrogen) atoms. The van der Waals surface area contributed by atoms with Crippen molar-refractivity contribution in [2.75, 3.05) is 0 Å². The van der Waals surface area contributed by atoms with Crippen LogP contribution in [0.4, 0.5) is 0 Å². The second-order valence-corrected chi connectivity index (χ2v) is 6.19. The summed E-state index contributed by atoms with van der Waals surface area (Å²) in [7, 11) is 0. The second-order valence-electron chi connectivity index (χ2n) is 6.19. The van der Waals surface area contributed by atoms with E-state index < -0.39 is 0 Å². The zero-order valence-electron chi connectivity index (χ0n) is 13.5. The molecule has 1 N–H and O–H groups in total. The van der Waals surface area contributed by atoms with Crippen molar-refractivity contribution in [2.45, 2.75) is 97.3 Å². The first-order valence-corrected chi connectivity index (χ1v) is 8.10. The van der Waals surface area contributed by atoms with Crippen molar-refractivity contribution in [1.82, 2.24) is 10.2 Å². The quantitative estimate of drug-likeness (QED) is 0.681. The minimum Gasteiger partial charge on any atom is -0.323 e. The van der Waals surface area contributed by atoms with Crippen LogP contribution in [0.15, 0.2) is 0 Å². The minimum atomic E-state index is -0.348. The molecule has 0 spiro atoms. The lowest BCUT2D eigenvalue weighted by molar-refractivity contribution is -0.135. The van der Waals surface area contributed by atoms with Crippen LogP contribution in [0.5, 0.6) is 0 Å². The van der Waals surface area contributed by atoms with Crippen LogP contribution in [-0.4, -0.2) is 28.6 Å². The lowest BCUT2D eigenvalue weighted by atomic mass is 9.98. The van der Waals surface area contributed by atoms with Crippen molar-refractivity contribution in [3.8, 4) is 0 Å². The van der Waals surface area contributed by atoms with Gasteiger partial charge in [-0.25, -0.2) is 0 Å². The third-order valence-electron chi connectivity index (χ3n) is 4.50. The molecular formula is C16H32N2O. The molecule has 0 radical (unpaired) electrons. The van der Waals surface area contributed by atoms with Gasteiger partial charge < -0.3 is 4.90 Å². The summed E-state index contributed by atoms with van der Waals surface area (Å²) >= 11 is 0. The number of carbonyl (C=O) groups is 1. The number of nitrogens with one attached hydrogen (secondary N) is 1. The molecule has 1 aliphatic rings. The van der Waals surface area contributed by atoms with Gasteiger partial charge in [0.25, 0.3) is 0 Å². The van der Waals surface area contributed by atoms with E-state index in [1.54, 1.807) is 0 Å². The average Bonchev–Trinajstić information content (AvgIpc) is 2.63. The number of nitrogens with zero attached hydrogens (tertiary/aromatic N) is 1. The highest BCUT2D eigenvalue weighted by Gasteiger charge is 2.47. The molecule has 1 amide bonds. The molecule has 1 aliphatic heterocycles. The van der Waals surface area contributed by atoms with Gasteiger partial charge in [0.1, 0.15) is 0 Å². The van der Waals surface area contributed by atoms with Gasteiger partial charge in [-0.15, -0.1) is 0 Å². The van der Waals surface area contributed by atoms with Gasteiger partial charge in [0.15, 0.2) is 0 Å². The predicted molar refractivity (Wildman–Crippen MR) is 81.0 cm³/mol. The molecule has 1 saturated heterocycles. The number of amides is 1. The largest absolute Gasteiger partial charge is 0.323 e. The van der Waals surface area contributed by atoms with Crippen LogP contribution >= 0.6 is 0 Å². The van der Waals surface area contributed by atoms with Gasteiger partial charge in [-0.3, -0.25) is 10.1 Å². The maximum absolute atomic E-state index is 12.7. The first kappa shape index (κ1) is 16.5. The van der Waals surface area contributed by atoms with Crippen molar-refractivity contribution >= 4 is 5.91 Å². The molecule has 0 saturated carbocycles. The zero-order chi connectivity index (χ0) is 14.5. The van der Waals surface area contributed by atoms with Crippen molar-refractivity contribution in [3.05, 3.63) is 0 Å². The summed E-state index contributed by atoms with van der Waals surface area (Å²) in [6, 6.07) is 0.358. The van der Waals surface area contributed by atoms with Gasteiger partial charge in [0.05, 0.1) is 11.7 Å². The Hall–Kier alpha value is -0.570. The van der Waals surface area contributed by atoms with Crippen LogP contribution in [-0.2, 0) is 4.79 Å². The standard InChI is InChI=1S/C16H32N2O/c1-6-9-10-12-13(4)18-14(11-7-2)17-16(5,8-3)15(18)19/h13-14,17H,6-12H2,1-5H3. The Bertz CT molecular complexity index is 292. The van der Waals surface area contributed by atoms with E-state index in [0.29, 0.717) is 11.9 Å². The Morgan fingerprint density at radius 3 is 2.47 bits per heavy atom. The van der Waals surface area contributed by atoms with E-state index in [0.717, 1.165) is 25.7 Å². The normalized spacial score (nSPS) is 29.0. The van der Waals surface area contributed by atoms with Crippen molar-refractivity contribution in [2.24, 2.45) is 0 Å². The Morgan fingerprint density at radius 1 is 1.26 bits per heavy atom. The Labute approximate surface area is 119 Å². The van der Waals surface area contributed by atoms with Crippen molar-refractivity contribution in [1.29, 1.82) is 0 Å². The van der Waals surface area contributed by atoms with E-state index in [9.17, 15) is 4.79 Å². The molecule has 1 fully saturated rings. The molecule has 0 aliphatic carbocycles. The maximum Gasteiger partial charge on any atom is 0.244 e. The summed E-state index contributed by atoms with van der Waals surface area (Å²) in [6.07, 6.45) is 8.13. The number of carbonyl (C=O) groups excluding carboxylic acids is 1. The van der Waals surface area contributed by atoms with Crippen molar-refractivity contribution < 1.29 is 4.79 Å². The number of rotatable bonds is 8. The SMILES string of the molecule is CCCCCC(C)N1C(=O)C(C)(CC)NC1CCC. The number of hydrogen-bond acceptors (Lipinski definition) is 2. The fraction of sp³-hybridized carbons (Fsp3) is 0.938. The third-order valence-corrected chi connectivity index (χ3v) is 4.50. The molecule has 3 atom stereocenters. The maximum atomic E-state index is 12.7. The summed E-state index contributed by atoms with van der Waals surface area (Å²) in [5, 5.41) is 3.57. The molecule has 1 rings (SSSR count). The fourth-order valence-corrected chi connectivity index (χ4v) is 3.00. The van der Waals surface area contributed by atoms with Gasteiger partial charge in [0.2, 0.25) is 5.91 Å². The Balaban J connectivity index is 2.73. The summed E-state index contributed by atoms with van der Waals surface area (Å²) in [5.74, 6) is 0.303. The van der Waals surface area contributed by atoms with Crippen LogP contribution in [0.2, 0.25) is 0 Å². The number of unbranched alkanes of at least 4 members (excludes halogenated alkanes) is 2.